The molecule has 5 rings (SSSR count). The molecule has 0 spiro atoms. The Morgan fingerprint density at radius 1 is 1.36 bits per heavy atom. The minimum Gasteiger partial charge on any atom is -0.389 e. The zero-order valence-corrected chi connectivity index (χ0v) is 18.1. The number of carbonyl (C=O) groups is 1. The SMILES string of the molecule is Cc1[nH]ncc1-c1ccc(CN(C(=O)c2c[nH]c3cccnc23)[C@H]2CCOC[C@@H]2O)c(F)c1. The maximum atomic E-state index is 15.2. The summed E-state index contributed by atoms with van der Waals surface area (Å²) in [6, 6.07) is 8.05. The maximum Gasteiger partial charge on any atom is 0.258 e. The monoisotopic (exact) mass is 449 g/mol. The second kappa shape index (κ2) is 8.76. The van der Waals surface area contributed by atoms with Crippen molar-refractivity contribution in [1.82, 2.24) is 25.1 Å². The molecule has 33 heavy (non-hydrogen) atoms. The molecule has 1 fully saturated rings. The van der Waals surface area contributed by atoms with Crippen LogP contribution < -0.4 is 0 Å². The Labute approximate surface area is 189 Å². The summed E-state index contributed by atoms with van der Waals surface area (Å²) in [6.45, 7) is 2.42. The van der Waals surface area contributed by atoms with E-state index in [1.807, 2.05) is 19.1 Å². The summed E-state index contributed by atoms with van der Waals surface area (Å²) in [5, 5.41) is 17.4. The van der Waals surface area contributed by atoms with E-state index in [2.05, 4.69) is 20.2 Å². The number of aryl methyl sites for hydroxylation is 1. The Kier molecular flexibility index (Phi) is 5.65. The van der Waals surface area contributed by atoms with Gasteiger partial charge in [0.2, 0.25) is 0 Å². The molecular weight excluding hydrogens is 425 g/mol. The van der Waals surface area contributed by atoms with E-state index in [-0.39, 0.29) is 19.1 Å². The highest BCUT2D eigenvalue weighted by atomic mass is 19.1. The Balaban J connectivity index is 1.50. The van der Waals surface area contributed by atoms with Gasteiger partial charge in [0.25, 0.3) is 5.91 Å². The molecule has 2 atom stereocenters. The van der Waals surface area contributed by atoms with Crippen LogP contribution >= 0.6 is 0 Å². The molecule has 3 aromatic heterocycles. The Morgan fingerprint density at radius 3 is 3.00 bits per heavy atom. The summed E-state index contributed by atoms with van der Waals surface area (Å²) in [6.07, 6.45) is 4.48. The van der Waals surface area contributed by atoms with Gasteiger partial charge < -0.3 is 19.7 Å². The smallest absolute Gasteiger partial charge is 0.258 e. The molecule has 1 aromatic carbocycles. The van der Waals surface area contributed by atoms with Crippen molar-refractivity contribution in [3.63, 3.8) is 0 Å². The number of hydrogen-bond donors (Lipinski definition) is 3. The number of rotatable bonds is 5. The largest absolute Gasteiger partial charge is 0.389 e. The predicted octanol–water partition coefficient (Wildman–Crippen LogP) is 3.19. The Hall–Kier alpha value is -3.56. The van der Waals surface area contributed by atoms with E-state index >= 15 is 4.39 Å². The average Bonchev–Trinajstić information content (AvgIpc) is 3.45. The van der Waals surface area contributed by atoms with Crippen LogP contribution in [0, 0.1) is 12.7 Å². The molecule has 4 heterocycles. The molecule has 8 nitrogen and oxygen atoms in total. The van der Waals surface area contributed by atoms with Crippen molar-refractivity contribution in [3.8, 4) is 11.1 Å². The Bertz CT molecular complexity index is 1300. The number of nitrogens with zero attached hydrogens (tertiary/aromatic N) is 3. The third-order valence-corrected chi connectivity index (χ3v) is 6.15. The molecule has 0 unspecified atom stereocenters. The van der Waals surface area contributed by atoms with Gasteiger partial charge in [-0.3, -0.25) is 14.9 Å². The topological polar surface area (TPSA) is 107 Å². The van der Waals surface area contributed by atoms with E-state index in [4.69, 9.17) is 4.74 Å². The third kappa shape index (κ3) is 4.01. The number of aromatic nitrogens is 4. The van der Waals surface area contributed by atoms with Gasteiger partial charge in [0, 0.05) is 42.4 Å². The van der Waals surface area contributed by atoms with Crippen molar-refractivity contribution in [3.05, 3.63) is 71.6 Å². The summed E-state index contributed by atoms with van der Waals surface area (Å²) in [4.78, 5) is 22.6. The number of fused-ring (bicyclic) bond motifs is 1. The summed E-state index contributed by atoms with van der Waals surface area (Å²) >= 11 is 0. The first kappa shape index (κ1) is 21.3. The van der Waals surface area contributed by atoms with Gasteiger partial charge in [0.1, 0.15) is 11.3 Å². The third-order valence-electron chi connectivity index (χ3n) is 6.15. The first-order valence-electron chi connectivity index (χ1n) is 10.8. The van der Waals surface area contributed by atoms with Crippen LogP contribution in [0.25, 0.3) is 22.2 Å². The molecule has 9 heteroatoms. The number of H-pyrrole nitrogens is 2. The minimum absolute atomic E-state index is 0.0105. The predicted molar refractivity (Wildman–Crippen MR) is 120 cm³/mol. The number of pyridine rings is 1. The molecule has 3 N–H and O–H groups in total. The molecule has 0 aliphatic carbocycles. The number of carbonyl (C=O) groups excluding carboxylic acids is 1. The lowest BCUT2D eigenvalue weighted by atomic mass is 10.00. The van der Waals surface area contributed by atoms with E-state index in [0.29, 0.717) is 35.2 Å². The van der Waals surface area contributed by atoms with Gasteiger partial charge in [-0.05, 0) is 37.1 Å². The zero-order valence-electron chi connectivity index (χ0n) is 18.1. The van der Waals surface area contributed by atoms with Crippen LogP contribution in [0.4, 0.5) is 4.39 Å². The van der Waals surface area contributed by atoms with Gasteiger partial charge in [-0.25, -0.2) is 4.39 Å². The molecule has 1 saturated heterocycles. The van der Waals surface area contributed by atoms with Gasteiger partial charge in [-0.2, -0.15) is 5.10 Å². The van der Waals surface area contributed by atoms with E-state index in [1.54, 1.807) is 30.7 Å². The summed E-state index contributed by atoms with van der Waals surface area (Å²) < 4.78 is 20.5. The first-order chi connectivity index (χ1) is 16.0. The van der Waals surface area contributed by atoms with E-state index in [0.717, 1.165) is 16.8 Å². The molecule has 1 aliphatic rings. The Morgan fingerprint density at radius 2 is 2.24 bits per heavy atom. The van der Waals surface area contributed by atoms with Crippen molar-refractivity contribution < 1.29 is 19.0 Å². The molecule has 1 amide bonds. The van der Waals surface area contributed by atoms with Gasteiger partial charge >= 0.3 is 0 Å². The number of ether oxygens (including phenoxy) is 1. The number of hydrogen-bond acceptors (Lipinski definition) is 5. The van der Waals surface area contributed by atoms with Crippen molar-refractivity contribution in [1.29, 1.82) is 0 Å². The highest BCUT2D eigenvalue weighted by Gasteiger charge is 2.34. The van der Waals surface area contributed by atoms with Crippen molar-refractivity contribution >= 4 is 16.9 Å². The van der Waals surface area contributed by atoms with E-state index in [9.17, 15) is 9.90 Å². The number of halogens is 1. The van der Waals surface area contributed by atoms with E-state index in [1.165, 1.54) is 11.0 Å². The number of aromatic amines is 2. The van der Waals surface area contributed by atoms with Crippen molar-refractivity contribution in [2.24, 2.45) is 0 Å². The first-order valence-corrected chi connectivity index (χ1v) is 10.8. The molecule has 170 valence electrons. The van der Waals surface area contributed by atoms with Crippen LogP contribution in [-0.2, 0) is 11.3 Å². The summed E-state index contributed by atoms with van der Waals surface area (Å²) in [7, 11) is 0. The maximum absolute atomic E-state index is 15.2. The minimum atomic E-state index is -0.864. The van der Waals surface area contributed by atoms with Gasteiger partial charge in [0.15, 0.2) is 0 Å². The second-order valence-corrected chi connectivity index (χ2v) is 8.25. The molecule has 1 aliphatic heterocycles. The lowest BCUT2D eigenvalue weighted by Gasteiger charge is -2.37. The van der Waals surface area contributed by atoms with Crippen LogP contribution in [-0.4, -0.2) is 61.4 Å². The van der Waals surface area contributed by atoms with Crippen LogP contribution in [0.5, 0.6) is 0 Å². The van der Waals surface area contributed by atoms with Crippen molar-refractivity contribution in [2.45, 2.75) is 32.0 Å². The zero-order chi connectivity index (χ0) is 22.9. The molecule has 0 saturated carbocycles. The normalized spacial score (nSPS) is 18.5. The molecule has 0 radical (unpaired) electrons. The molecule has 0 bridgehead atoms. The summed E-state index contributed by atoms with van der Waals surface area (Å²) in [5.41, 5.74) is 4.39. The van der Waals surface area contributed by atoms with Gasteiger partial charge in [-0.1, -0.05) is 12.1 Å². The number of amides is 1. The van der Waals surface area contributed by atoms with Crippen molar-refractivity contribution in [2.75, 3.05) is 13.2 Å². The highest BCUT2D eigenvalue weighted by molar-refractivity contribution is 6.05. The average molecular weight is 449 g/mol. The van der Waals surface area contributed by atoms with Gasteiger partial charge in [-0.15, -0.1) is 0 Å². The van der Waals surface area contributed by atoms with Crippen LogP contribution in [0.3, 0.4) is 0 Å². The number of aliphatic hydroxyl groups excluding tert-OH is 1. The highest BCUT2D eigenvalue weighted by Crippen LogP contribution is 2.27. The lowest BCUT2D eigenvalue weighted by molar-refractivity contribution is -0.0590. The fourth-order valence-corrected chi connectivity index (χ4v) is 4.36. The summed E-state index contributed by atoms with van der Waals surface area (Å²) in [5.74, 6) is -0.746. The molecular formula is C24H24FN5O3. The number of benzene rings is 1. The standard InChI is InChI=1S/C24H24FN5O3/c1-14-17(11-28-29-14)15-4-5-16(19(25)9-15)12-30(21-6-8-33-13-22(21)31)24(32)18-10-27-20-3-2-7-26-23(18)20/h2-5,7,9-11,21-22,27,31H,6,8,12-13H2,1H3,(H,28,29)/t21-,22-/m0/s1. The number of nitrogens with one attached hydrogen (secondary N) is 2. The van der Waals surface area contributed by atoms with Crippen LogP contribution in [0.1, 0.15) is 28.0 Å². The lowest BCUT2D eigenvalue weighted by Crippen LogP contribution is -2.51. The second-order valence-electron chi connectivity index (χ2n) is 8.25. The molecule has 4 aromatic rings. The van der Waals surface area contributed by atoms with Crippen LogP contribution in [0.2, 0.25) is 0 Å². The van der Waals surface area contributed by atoms with E-state index < -0.39 is 18.0 Å². The fourth-order valence-electron chi connectivity index (χ4n) is 4.36. The quantitative estimate of drug-likeness (QED) is 0.434. The fraction of sp³-hybridized carbons (Fsp3) is 0.292. The number of aliphatic hydroxyl groups is 1. The van der Waals surface area contributed by atoms with Gasteiger partial charge in [0.05, 0.1) is 36.0 Å². The van der Waals surface area contributed by atoms with Crippen LogP contribution in [0.15, 0.2) is 48.9 Å².